The van der Waals surface area contributed by atoms with E-state index in [1.54, 1.807) is 0 Å². The van der Waals surface area contributed by atoms with Gasteiger partial charge in [0.15, 0.2) is 5.96 Å². The van der Waals surface area contributed by atoms with Crippen LogP contribution < -0.4 is 10.6 Å². The monoisotopic (exact) mass is 518 g/mol. The molecule has 29 heavy (non-hydrogen) atoms. The zero-order valence-corrected chi connectivity index (χ0v) is 21.2. The Morgan fingerprint density at radius 1 is 1.38 bits per heavy atom. The number of nitrogens with zero attached hydrogens (tertiary/aromatic N) is 4. The Kier molecular flexibility index (Phi) is 11.0. The number of hydrogen-bond acceptors (Lipinski definition) is 3. The van der Waals surface area contributed by atoms with Gasteiger partial charge in [0.2, 0.25) is 5.91 Å². The van der Waals surface area contributed by atoms with Crippen LogP contribution in [-0.4, -0.2) is 58.8 Å². The summed E-state index contributed by atoms with van der Waals surface area (Å²) < 4.78 is 1.93. The molecule has 1 aromatic heterocycles. The minimum Gasteiger partial charge on any atom is -0.357 e. The van der Waals surface area contributed by atoms with Gasteiger partial charge in [0.25, 0.3) is 0 Å². The summed E-state index contributed by atoms with van der Waals surface area (Å²) >= 11 is 0. The fraction of sp³-hybridized carbons (Fsp3) is 0.762. The van der Waals surface area contributed by atoms with E-state index in [1.165, 1.54) is 17.7 Å². The van der Waals surface area contributed by atoms with Gasteiger partial charge < -0.3 is 15.5 Å². The Morgan fingerprint density at radius 2 is 2.10 bits per heavy atom. The first kappa shape index (κ1) is 25.7. The van der Waals surface area contributed by atoms with Gasteiger partial charge in [-0.25, -0.2) is 0 Å². The molecule has 1 aromatic rings. The molecule has 1 fully saturated rings. The normalized spacial score (nSPS) is 18.2. The van der Waals surface area contributed by atoms with Crippen molar-refractivity contribution in [3.05, 3.63) is 17.0 Å². The Labute approximate surface area is 193 Å². The Morgan fingerprint density at radius 3 is 2.69 bits per heavy atom. The highest BCUT2D eigenvalue weighted by atomic mass is 127. The molecular formula is C21H39IN6O. The summed E-state index contributed by atoms with van der Waals surface area (Å²) in [5.41, 5.74) is 3.57. The number of nitrogens with one attached hydrogen (secondary N) is 2. The van der Waals surface area contributed by atoms with Crippen molar-refractivity contribution in [3.63, 3.8) is 0 Å². The van der Waals surface area contributed by atoms with Crippen LogP contribution in [0.5, 0.6) is 0 Å². The second-order valence-corrected chi connectivity index (χ2v) is 8.12. The van der Waals surface area contributed by atoms with Crippen LogP contribution in [0.2, 0.25) is 0 Å². The Bertz CT molecular complexity index is 687. The number of carbonyl (C=O) groups excluding carboxylic acids is 1. The van der Waals surface area contributed by atoms with Crippen molar-refractivity contribution in [2.24, 2.45) is 18.0 Å². The highest BCUT2D eigenvalue weighted by Crippen LogP contribution is 2.16. The van der Waals surface area contributed by atoms with Crippen molar-refractivity contribution >= 4 is 35.8 Å². The molecule has 2 heterocycles. The van der Waals surface area contributed by atoms with Gasteiger partial charge >= 0.3 is 0 Å². The van der Waals surface area contributed by atoms with E-state index >= 15 is 0 Å². The molecule has 166 valence electrons. The molecule has 0 radical (unpaired) electrons. The third-order valence-electron chi connectivity index (χ3n) is 5.50. The van der Waals surface area contributed by atoms with Gasteiger partial charge in [-0.05, 0) is 58.4 Å². The van der Waals surface area contributed by atoms with E-state index in [1.807, 2.05) is 16.6 Å². The predicted molar refractivity (Wildman–Crippen MR) is 130 cm³/mol. The molecule has 1 saturated heterocycles. The molecular weight excluding hydrogens is 479 g/mol. The molecule has 1 amide bonds. The minimum atomic E-state index is 0. The number of halogens is 1. The highest BCUT2D eigenvalue weighted by molar-refractivity contribution is 14.0. The maximum atomic E-state index is 12.4. The van der Waals surface area contributed by atoms with Crippen LogP contribution in [0.3, 0.4) is 0 Å². The summed E-state index contributed by atoms with van der Waals surface area (Å²) in [7, 11) is 1.98. The van der Waals surface area contributed by atoms with Crippen LogP contribution in [0.1, 0.15) is 57.0 Å². The molecule has 2 unspecified atom stereocenters. The van der Waals surface area contributed by atoms with E-state index in [-0.39, 0.29) is 35.9 Å². The van der Waals surface area contributed by atoms with Crippen molar-refractivity contribution < 1.29 is 4.79 Å². The smallest absolute Gasteiger partial charge is 0.224 e. The van der Waals surface area contributed by atoms with Crippen LogP contribution in [0.25, 0.3) is 0 Å². The van der Waals surface area contributed by atoms with Gasteiger partial charge in [-0.3, -0.25) is 14.5 Å². The summed E-state index contributed by atoms with van der Waals surface area (Å²) in [6.45, 7) is 13.7. The summed E-state index contributed by atoms with van der Waals surface area (Å²) in [6.07, 6.45) is 3.70. The number of aliphatic imine (C=N–C) groups is 1. The largest absolute Gasteiger partial charge is 0.357 e. The van der Waals surface area contributed by atoms with Crippen LogP contribution in [0.15, 0.2) is 4.99 Å². The maximum Gasteiger partial charge on any atom is 0.224 e. The number of guanidine groups is 1. The second kappa shape index (κ2) is 12.4. The zero-order valence-electron chi connectivity index (χ0n) is 18.9. The molecule has 2 N–H and O–H groups in total. The number of carbonyl (C=O) groups is 1. The van der Waals surface area contributed by atoms with E-state index in [4.69, 9.17) is 0 Å². The van der Waals surface area contributed by atoms with E-state index in [9.17, 15) is 4.79 Å². The van der Waals surface area contributed by atoms with Crippen LogP contribution >= 0.6 is 24.0 Å². The van der Waals surface area contributed by atoms with E-state index in [2.05, 4.69) is 55.3 Å². The van der Waals surface area contributed by atoms with Gasteiger partial charge in [-0.2, -0.15) is 5.10 Å². The first-order chi connectivity index (χ1) is 13.3. The summed E-state index contributed by atoms with van der Waals surface area (Å²) in [4.78, 5) is 19.1. The first-order valence-electron chi connectivity index (χ1n) is 10.6. The van der Waals surface area contributed by atoms with Gasteiger partial charge in [-0.1, -0.05) is 6.92 Å². The number of piperidine rings is 1. The number of aromatic nitrogens is 2. The lowest BCUT2D eigenvalue weighted by atomic mass is 10.00. The van der Waals surface area contributed by atoms with Crippen molar-refractivity contribution in [1.29, 1.82) is 0 Å². The second-order valence-electron chi connectivity index (χ2n) is 8.12. The summed E-state index contributed by atoms with van der Waals surface area (Å²) in [5, 5.41) is 11.3. The summed E-state index contributed by atoms with van der Waals surface area (Å²) in [6, 6.07) is 0.220. The highest BCUT2D eigenvalue weighted by Gasteiger charge is 2.20. The lowest BCUT2D eigenvalue weighted by Crippen LogP contribution is -2.43. The molecule has 2 rings (SSSR count). The average molecular weight is 518 g/mol. The third-order valence-corrected chi connectivity index (χ3v) is 5.50. The molecule has 0 bridgehead atoms. The average Bonchev–Trinajstić information content (AvgIpc) is 2.88. The molecule has 0 aromatic carbocycles. The van der Waals surface area contributed by atoms with Gasteiger partial charge in [0, 0.05) is 44.8 Å². The van der Waals surface area contributed by atoms with Crippen molar-refractivity contribution in [2.75, 3.05) is 26.2 Å². The number of hydrogen-bond donors (Lipinski definition) is 2. The molecule has 1 aliphatic heterocycles. The molecule has 8 heteroatoms. The fourth-order valence-corrected chi connectivity index (χ4v) is 3.86. The van der Waals surface area contributed by atoms with E-state index < -0.39 is 0 Å². The predicted octanol–water partition coefficient (Wildman–Crippen LogP) is 2.79. The molecule has 0 aliphatic carbocycles. The molecule has 2 atom stereocenters. The maximum absolute atomic E-state index is 12.4. The lowest BCUT2D eigenvalue weighted by Gasteiger charge is -2.30. The van der Waals surface area contributed by atoms with Crippen LogP contribution in [0.4, 0.5) is 0 Å². The fourth-order valence-electron chi connectivity index (χ4n) is 3.86. The minimum absolute atomic E-state index is 0. The third kappa shape index (κ3) is 7.79. The van der Waals surface area contributed by atoms with Crippen LogP contribution in [0, 0.1) is 19.8 Å². The number of amides is 1. The lowest BCUT2D eigenvalue weighted by molar-refractivity contribution is -0.132. The van der Waals surface area contributed by atoms with Crippen molar-refractivity contribution in [1.82, 2.24) is 25.3 Å². The van der Waals surface area contributed by atoms with Crippen molar-refractivity contribution in [3.8, 4) is 0 Å². The Balaban J connectivity index is 0.00000420. The van der Waals surface area contributed by atoms with E-state index in [0.29, 0.717) is 18.9 Å². The Hall–Kier alpha value is -1.32. The zero-order chi connectivity index (χ0) is 20.7. The van der Waals surface area contributed by atoms with Crippen LogP contribution in [-0.2, 0) is 18.3 Å². The van der Waals surface area contributed by atoms with Gasteiger partial charge in [0.1, 0.15) is 0 Å². The van der Waals surface area contributed by atoms with E-state index in [0.717, 1.165) is 44.1 Å². The first-order valence-corrected chi connectivity index (χ1v) is 10.6. The van der Waals surface area contributed by atoms with Crippen molar-refractivity contribution in [2.45, 2.75) is 66.3 Å². The summed E-state index contributed by atoms with van der Waals surface area (Å²) in [5.74, 6) is 1.61. The SMILES string of the molecule is CCNC(=NCCC(=O)N1CCCC(C)C1)NC(C)Cc1c(C)nn(C)c1C.I. The quantitative estimate of drug-likeness (QED) is 0.331. The number of aryl methyl sites for hydroxylation is 2. The molecule has 0 saturated carbocycles. The molecule has 1 aliphatic rings. The van der Waals surface area contributed by atoms with Gasteiger partial charge in [-0.15, -0.1) is 24.0 Å². The topological polar surface area (TPSA) is 74.6 Å². The molecule has 7 nitrogen and oxygen atoms in total. The number of rotatable bonds is 7. The number of likely N-dealkylation sites (tertiary alicyclic amines) is 1. The van der Waals surface area contributed by atoms with Gasteiger partial charge in [0.05, 0.1) is 12.2 Å². The molecule has 0 spiro atoms. The standard InChI is InChI=1S/C21H38N6O.HI/c1-7-22-21(23-11-10-20(28)27-12-8-9-15(2)14-27)24-16(3)13-19-17(4)25-26(6)18(19)5;/h15-16H,7-14H2,1-6H3,(H2,22,23,24);1H.